The normalized spacial score (nSPS) is 12.4. The van der Waals surface area contributed by atoms with Crippen LogP contribution in [0.3, 0.4) is 0 Å². The highest BCUT2D eigenvalue weighted by Gasteiger charge is 2.07. The largest absolute Gasteiger partial charge is 0.489 e. The van der Waals surface area contributed by atoms with Crippen LogP contribution in [0.1, 0.15) is 38.8 Å². The zero-order valence-corrected chi connectivity index (χ0v) is 12.3. The van der Waals surface area contributed by atoms with E-state index in [9.17, 15) is 0 Å². The van der Waals surface area contributed by atoms with Crippen LogP contribution in [-0.4, -0.2) is 11.1 Å². The second-order valence-electron chi connectivity index (χ2n) is 5.22. The number of nitrogens with zero attached hydrogens (tertiary/aromatic N) is 1. The molecule has 0 radical (unpaired) electrons. The standard InChI is InChI=1S/C17H22N2O/c1-4-17(18)14-7-5-6-13(8-14)15-9-16(11-19-10-15)20-12(2)3/h5-12,17H,4,18H2,1-3H3. The van der Waals surface area contributed by atoms with Crippen molar-refractivity contribution in [2.75, 3.05) is 0 Å². The Hall–Kier alpha value is -1.87. The van der Waals surface area contributed by atoms with Crippen LogP contribution in [0.4, 0.5) is 0 Å². The van der Waals surface area contributed by atoms with Crippen molar-refractivity contribution in [3.05, 3.63) is 48.3 Å². The Morgan fingerprint density at radius 3 is 2.65 bits per heavy atom. The second kappa shape index (κ2) is 6.53. The molecule has 1 heterocycles. The first-order valence-corrected chi connectivity index (χ1v) is 7.07. The van der Waals surface area contributed by atoms with E-state index in [-0.39, 0.29) is 12.1 Å². The fourth-order valence-electron chi connectivity index (χ4n) is 2.10. The number of nitrogens with two attached hydrogens (primary N) is 1. The van der Waals surface area contributed by atoms with E-state index in [4.69, 9.17) is 10.5 Å². The lowest BCUT2D eigenvalue weighted by Gasteiger charge is -2.12. The van der Waals surface area contributed by atoms with E-state index in [1.807, 2.05) is 32.2 Å². The monoisotopic (exact) mass is 270 g/mol. The average Bonchev–Trinajstić information content (AvgIpc) is 2.46. The van der Waals surface area contributed by atoms with Gasteiger partial charge in [0.2, 0.25) is 0 Å². The van der Waals surface area contributed by atoms with Crippen LogP contribution < -0.4 is 10.5 Å². The molecule has 0 aliphatic rings. The Kier molecular flexibility index (Phi) is 4.74. The molecule has 20 heavy (non-hydrogen) atoms. The van der Waals surface area contributed by atoms with Crippen LogP contribution in [0.25, 0.3) is 11.1 Å². The predicted molar refractivity (Wildman–Crippen MR) is 82.7 cm³/mol. The molecule has 1 aromatic carbocycles. The van der Waals surface area contributed by atoms with E-state index in [0.717, 1.165) is 28.9 Å². The smallest absolute Gasteiger partial charge is 0.138 e. The summed E-state index contributed by atoms with van der Waals surface area (Å²) in [4.78, 5) is 4.25. The first-order valence-electron chi connectivity index (χ1n) is 7.07. The van der Waals surface area contributed by atoms with Crippen molar-refractivity contribution in [3.63, 3.8) is 0 Å². The van der Waals surface area contributed by atoms with Crippen molar-refractivity contribution in [3.8, 4) is 16.9 Å². The number of hydrogen-bond acceptors (Lipinski definition) is 3. The lowest BCUT2D eigenvalue weighted by molar-refractivity contribution is 0.241. The highest BCUT2D eigenvalue weighted by Crippen LogP contribution is 2.26. The molecular weight excluding hydrogens is 248 g/mol. The molecule has 3 nitrogen and oxygen atoms in total. The number of benzene rings is 1. The van der Waals surface area contributed by atoms with Crippen molar-refractivity contribution in [1.82, 2.24) is 4.98 Å². The molecule has 2 N–H and O–H groups in total. The van der Waals surface area contributed by atoms with Gasteiger partial charge in [0.05, 0.1) is 12.3 Å². The Labute approximate surface area is 120 Å². The third-order valence-corrected chi connectivity index (χ3v) is 3.17. The second-order valence-corrected chi connectivity index (χ2v) is 5.22. The summed E-state index contributed by atoms with van der Waals surface area (Å²) in [6.45, 7) is 6.11. The third kappa shape index (κ3) is 3.58. The van der Waals surface area contributed by atoms with Gasteiger partial charge in [-0.1, -0.05) is 25.1 Å². The lowest BCUT2D eigenvalue weighted by atomic mass is 9.99. The van der Waals surface area contributed by atoms with Gasteiger partial charge in [-0.3, -0.25) is 4.98 Å². The first kappa shape index (κ1) is 14.5. The van der Waals surface area contributed by atoms with Gasteiger partial charge >= 0.3 is 0 Å². The molecule has 2 rings (SSSR count). The van der Waals surface area contributed by atoms with Crippen molar-refractivity contribution in [2.24, 2.45) is 5.73 Å². The van der Waals surface area contributed by atoms with Crippen molar-refractivity contribution in [2.45, 2.75) is 39.3 Å². The SMILES string of the molecule is CCC(N)c1cccc(-c2cncc(OC(C)C)c2)c1. The number of ether oxygens (including phenoxy) is 1. The third-order valence-electron chi connectivity index (χ3n) is 3.17. The molecule has 0 spiro atoms. The molecular formula is C17H22N2O. The van der Waals surface area contributed by atoms with Gasteiger partial charge in [-0.25, -0.2) is 0 Å². The fraction of sp³-hybridized carbons (Fsp3) is 0.353. The molecule has 1 aromatic heterocycles. The molecule has 1 atom stereocenters. The number of hydrogen-bond donors (Lipinski definition) is 1. The maximum atomic E-state index is 6.10. The van der Waals surface area contributed by atoms with Crippen LogP contribution in [0.5, 0.6) is 5.75 Å². The Bertz CT molecular complexity index is 566. The number of pyridine rings is 1. The number of aromatic nitrogens is 1. The molecule has 0 fully saturated rings. The van der Waals surface area contributed by atoms with Gasteiger partial charge in [-0.15, -0.1) is 0 Å². The predicted octanol–water partition coefficient (Wildman–Crippen LogP) is 3.95. The van der Waals surface area contributed by atoms with E-state index in [1.54, 1.807) is 6.20 Å². The Morgan fingerprint density at radius 2 is 1.95 bits per heavy atom. The van der Waals surface area contributed by atoms with Crippen LogP contribution in [0, 0.1) is 0 Å². The van der Waals surface area contributed by atoms with E-state index in [0.29, 0.717) is 0 Å². The van der Waals surface area contributed by atoms with Crippen LogP contribution in [-0.2, 0) is 0 Å². The summed E-state index contributed by atoms with van der Waals surface area (Å²) in [5.74, 6) is 0.794. The fourth-order valence-corrected chi connectivity index (χ4v) is 2.10. The van der Waals surface area contributed by atoms with E-state index in [1.165, 1.54) is 0 Å². The maximum absolute atomic E-state index is 6.10. The van der Waals surface area contributed by atoms with E-state index in [2.05, 4.69) is 30.1 Å². The quantitative estimate of drug-likeness (QED) is 0.895. The van der Waals surface area contributed by atoms with E-state index < -0.39 is 0 Å². The van der Waals surface area contributed by atoms with Crippen molar-refractivity contribution < 1.29 is 4.74 Å². The van der Waals surface area contributed by atoms with Gasteiger partial charge in [0, 0.05) is 17.8 Å². The summed E-state index contributed by atoms with van der Waals surface area (Å²) in [5, 5.41) is 0. The molecule has 1 unspecified atom stereocenters. The van der Waals surface area contributed by atoms with Gasteiger partial charge in [-0.05, 0) is 43.5 Å². The van der Waals surface area contributed by atoms with Gasteiger partial charge in [0.1, 0.15) is 5.75 Å². The highest BCUT2D eigenvalue weighted by molar-refractivity contribution is 5.64. The summed E-state index contributed by atoms with van der Waals surface area (Å²) >= 11 is 0. The Morgan fingerprint density at radius 1 is 1.15 bits per heavy atom. The van der Waals surface area contributed by atoms with Gasteiger partial charge in [0.15, 0.2) is 0 Å². The molecule has 3 heteroatoms. The molecule has 0 aliphatic carbocycles. The molecule has 2 aromatic rings. The molecule has 0 saturated carbocycles. The minimum Gasteiger partial charge on any atom is -0.489 e. The first-order chi connectivity index (χ1) is 9.60. The lowest BCUT2D eigenvalue weighted by Crippen LogP contribution is -2.08. The van der Waals surface area contributed by atoms with Crippen LogP contribution in [0.2, 0.25) is 0 Å². The Balaban J connectivity index is 2.31. The molecule has 0 aliphatic heterocycles. The number of rotatable bonds is 5. The van der Waals surface area contributed by atoms with Gasteiger partial charge in [-0.2, -0.15) is 0 Å². The summed E-state index contributed by atoms with van der Waals surface area (Å²) in [6, 6.07) is 10.4. The van der Waals surface area contributed by atoms with Gasteiger partial charge in [0.25, 0.3) is 0 Å². The molecule has 0 bridgehead atoms. The van der Waals surface area contributed by atoms with Crippen LogP contribution >= 0.6 is 0 Å². The summed E-state index contributed by atoms with van der Waals surface area (Å²) in [5.41, 5.74) is 9.42. The van der Waals surface area contributed by atoms with Crippen molar-refractivity contribution in [1.29, 1.82) is 0 Å². The van der Waals surface area contributed by atoms with Crippen molar-refractivity contribution >= 4 is 0 Å². The van der Waals surface area contributed by atoms with Crippen LogP contribution in [0.15, 0.2) is 42.7 Å². The van der Waals surface area contributed by atoms with Gasteiger partial charge < -0.3 is 10.5 Å². The average molecular weight is 270 g/mol. The summed E-state index contributed by atoms with van der Waals surface area (Å²) in [6.07, 6.45) is 4.67. The minimum atomic E-state index is 0.0815. The zero-order chi connectivity index (χ0) is 14.5. The zero-order valence-electron chi connectivity index (χ0n) is 12.3. The van der Waals surface area contributed by atoms with E-state index >= 15 is 0 Å². The molecule has 0 saturated heterocycles. The molecule has 106 valence electrons. The molecule has 0 amide bonds. The summed E-state index contributed by atoms with van der Waals surface area (Å²) < 4.78 is 5.69. The minimum absolute atomic E-state index is 0.0815. The summed E-state index contributed by atoms with van der Waals surface area (Å²) in [7, 11) is 0. The highest BCUT2D eigenvalue weighted by atomic mass is 16.5. The topological polar surface area (TPSA) is 48.1 Å². The maximum Gasteiger partial charge on any atom is 0.138 e.